The Bertz CT molecular complexity index is 424. The summed E-state index contributed by atoms with van der Waals surface area (Å²) in [5.74, 6) is -0.0280. The van der Waals surface area contributed by atoms with Crippen molar-refractivity contribution in [1.29, 1.82) is 0 Å². The second kappa shape index (κ2) is 7.29. The number of carboxylic acid groups (broad SMARTS) is 1. The smallest absolute Gasteiger partial charge is 0.325 e. The van der Waals surface area contributed by atoms with Gasteiger partial charge >= 0.3 is 5.97 Å². The van der Waals surface area contributed by atoms with Gasteiger partial charge in [0, 0.05) is 6.04 Å². The number of carboxylic acids is 1. The molecule has 0 aromatic heterocycles. The first kappa shape index (κ1) is 14.9. The number of hydrogen-bond acceptors (Lipinski definition) is 3. The average molecular weight is 277 g/mol. The van der Waals surface area contributed by atoms with Crippen LogP contribution in [0.5, 0.6) is 5.75 Å². The molecule has 1 aromatic carbocycles. The SMILES string of the molecule is CCCOc1ccc(C(NC2CCCC2)C(=O)O)cc1. The molecule has 1 aliphatic carbocycles. The zero-order chi connectivity index (χ0) is 14.4. The van der Waals surface area contributed by atoms with Gasteiger partial charge in [-0.05, 0) is 37.0 Å². The summed E-state index contributed by atoms with van der Waals surface area (Å²) in [6, 6.07) is 7.07. The maximum absolute atomic E-state index is 11.5. The van der Waals surface area contributed by atoms with Gasteiger partial charge in [-0.2, -0.15) is 0 Å². The Morgan fingerprint density at radius 1 is 1.35 bits per heavy atom. The Labute approximate surface area is 120 Å². The second-order valence-corrected chi connectivity index (χ2v) is 5.34. The summed E-state index contributed by atoms with van der Waals surface area (Å²) >= 11 is 0. The van der Waals surface area contributed by atoms with Crippen molar-refractivity contribution >= 4 is 5.97 Å². The number of carbonyl (C=O) groups is 1. The van der Waals surface area contributed by atoms with Crippen LogP contribution in [-0.2, 0) is 4.79 Å². The maximum Gasteiger partial charge on any atom is 0.325 e. The van der Waals surface area contributed by atoms with E-state index in [1.54, 1.807) is 0 Å². The molecule has 0 saturated heterocycles. The van der Waals surface area contributed by atoms with Crippen LogP contribution in [0.15, 0.2) is 24.3 Å². The Balaban J connectivity index is 2.02. The van der Waals surface area contributed by atoms with Crippen LogP contribution < -0.4 is 10.1 Å². The Hall–Kier alpha value is -1.55. The fraction of sp³-hybridized carbons (Fsp3) is 0.562. The van der Waals surface area contributed by atoms with Crippen molar-refractivity contribution in [3.8, 4) is 5.75 Å². The highest BCUT2D eigenvalue weighted by molar-refractivity contribution is 5.75. The zero-order valence-corrected chi connectivity index (χ0v) is 12.0. The van der Waals surface area contributed by atoms with Crippen molar-refractivity contribution < 1.29 is 14.6 Å². The number of nitrogens with one attached hydrogen (secondary N) is 1. The van der Waals surface area contributed by atoms with Gasteiger partial charge in [0.15, 0.2) is 0 Å². The van der Waals surface area contributed by atoms with E-state index in [-0.39, 0.29) is 0 Å². The predicted molar refractivity (Wildman–Crippen MR) is 78.0 cm³/mol. The first-order valence-electron chi connectivity index (χ1n) is 7.42. The number of ether oxygens (including phenoxy) is 1. The van der Waals surface area contributed by atoms with Crippen molar-refractivity contribution in [2.24, 2.45) is 0 Å². The van der Waals surface area contributed by atoms with Crippen LogP contribution in [0.3, 0.4) is 0 Å². The Kier molecular flexibility index (Phi) is 5.41. The van der Waals surface area contributed by atoms with Crippen LogP contribution in [0.2, 0.25) is 0 Å². The van der Waals surface area contributed by atoms with E-state index in [1.807, 2.05) is 24.3 Å². The molecule has 0 amide bonds. The summed E-state index contributed by atoms with van der Waals surface area (Å²) < 4.78 is 5.52. The highest BCUT2D eigenvalue weighted by atomic mass is 16.5. The van der Waals surface area contributed by atoms with E-state index in [4.69, 9.17) is 4.74 Å². The molecule has 0 heterocycles. The van der Waals surface area contributed by atoms with Crippen molar-refractivity contribution in [1.82, 2.24) is 5.32 Å². The lowest BCUT2D eigenvalue weighted by Gasteiger charge is -2.20. The summed E-state index contributed by atoms with van der Waals surface area (Å²) in [4.78, 5) is 11.5. The quantitative estimate of drug-likeness (QED) is 0.804. The van der Waals surface area contributed by atoms with Gasteiger partial charge in [0.25, 0.3) is 0 Å². The Morgan fingerprint density at radius 3 is 2.55 bits per heavy atom. The van der Waals surface area contributed by atoms with Crippen LogP contribution >= 0.6 is 0 Å². The van der Waals surface area contributed by atoms with Gasteiger partial charge in [-0.1, -0.05) is 31.9 Å². The fourth-order valence-electron chi connectivity index (χ4n) is 2.61. The summed E-state index contributed by atoms with van der Waals surface area (Å²) in [6.07, 6.45) is 5.48. The first-order valence-corrected chi connectivity index (χ1v) is 7.42. The highest BCUT2D eigenvalue weighted by Crippen LogP contribution is 2.23. The normalized spacial score (nSPS) is 17.1. The molecule has 1 unspecified atom stereocenters. The molecule has 1 aromatic rings. The molecule has 0 radical (unpaired) electrons. The van der Waals surface area contributed by atoms with Gasteiger partial charge in [-0.15, -0.1) is 0 Å². The molecule has 0 aliphatic heterocycles. The summed E-state index contributed by atoms with van der Waals surface area (Å²) in [7, 11) is 0. The topological polar surface area (TPSA) is 58.6 Å². The van der Waals surface area contributed by atoms with Gasteiger partial charge < -0.3 is 9.84 Å². The molecule has 0 spiro atoms. The molecular formula is C16H23NO3. The van der Waals surface area contributed by atoms with Crippen LogP contribution in [-0.4, -0.2) is 23.7 Å². The standard InChI is InChI=1S/C16H23NO3/c1-2-11-20-14-9-7-12(8-10-14)15(16(18)19)17-13-5-3-4-6-13/h7-10,13,15,17H,2-6,11H2,1H3,(H,18,19). The molecule has 0 bridgehead atoms. The Morgan fingerprint density at radius 2 is 2.00 bits per heavy atom. The largest absolute Gasteiger partial charge is 0.494 e. The van der Waals surface area contributed by atoms with Crippen LogP contribution in [0.4, 0.5) is 0 Å². The van der Waals surface area contributed by atoms with E-state index in [0.29, 0.717) is 12.6 Å². The molecule has 1 fully saturated rings. The van der Waals surface area contributed by atoms with Crippen LogP contribution in [0, 0.1) is 0 Å². The molecule has 1 aliphatic rings. The zero-order valence-electron chi connectivity index (χ0n) is 12.0. The van der Waals surface area contributed by atoms with Gasteiger partial charge in [0.05, 0.1) is 6.61 Å². The minimum atomic E-state index is -0.820. The number of benzene rings is 1. The lowest BCUT2D eigenvalue weighted by atomic mass is 10.1. The van der Waals surface area contributed by atoms with E-state index in [9.17, 15) is 9.90 Å². The van der Waals surface area contributed by atoms with Gasteiger partial charge in [0.2, 0.25) is 0 Å². The first-order chi connectivity index (χ1) is 9.70. The third-order valence-corrected chi connectivity index (χ3v) is 3.69. The van der Waals surface area contributed by atoms with Crippen LogP contribution in [0.1, 0.15) is 50.6 Å². The van der Waals surface area contributed by atoms with E-state index < -0.39 is 12.0 Å². The van der Waals surface area contributed by atoms with E-state index in [1.165, 1.54) is 12.8 Å². The molecule has 110 valence electrons. The fourth-order valence-corrected chi connectivity index (χ4v) is 2.61. The molecular weight excluding hydrogens is 254 g/mol. The monoisotopic (exact) mass is 277 g/mol. The second-order valence-electron chi connectivity index (χ2n) is 5.34. The lowest BCUT2D eigenvalue weighted by Crippen LogP contribution is -2.35. The van der Waals surface area contributed by atoms with E-state index in [2.05, 4.69) is 12.2 Å². The maximum atomic E-state index is 11.5. The number of aliphatic carboxylic acids is 1. The molecule has 20 heavy (non-hydrogen) atoms. The average Bonchev–Trinajstić information content (AvgIpc) is 2.96. The predicted octanol–water partition coefficient (Wildman–Crippen LogP) is 3.13. The molecule has 1 saturated carbocycles. The summed E-state index contributed by atoms with van der Waals surface area (Å²) in [6.45, 7) is 2.74. The van der Waals surface area contributed by atoms with Gasteiger partial charge in [0.1, 0.15) is 11.8 Å². The highest BCUT2D eigenvalue weighted by Gasteiger charge is 2.25. The van der Waals surface area contributed by atoms with E-state index in [0.717, 1.165) is 30.6 Å². The van der Waals surface area contributed by atoms with Gasteiger partial charge in [-0.25, -0.2) is 0 Å². The summed E-state index contributed by atoms with van der Waals surface area (Å²) in [5.41, 5.74) is 0.785. The minimum Gasteiger partial charge on any atom is -0.494 e. The molecule has 4 heteroatoms. The van der Waals surface area contributed by atoms with Crippen molar-refractivity contribution in [3.05, 3.63) is 29.8 Å². The summed E-state index contributed by atoms with van der Waals surface area (Å²) in [5, 5.41) is 12.7. The third kappa shape index (κ3) is 3.97. The minimum absolute atomic E-state index is 0.326. The third-order valence-electron chi connectivity index (χ3n) is 3.69. The van der Waals surface area contributed by atoms with E-state index >= 15 is 0 Å². The molecule has 2 N–H and O–H groups in total. The van der Waals surface area contributed by atoms with Crippen molar-refractivity contribution in [2.75, 3.05) is 6.61 Å². The number of rotatable bonds is 7. The molecule has 1 atom stereocenters. The van der Waals surface area contributed by atoms with Gasteiger partial charge in [-0.3, -0.25) is 10.1 Å². The molecule has 4 nitrogen and oxygen atoms in total. The van der Waals surface area contributed by atoms with Crippen LogP contribution in [0.25, 0.3) is 0 Å². The van der Waals surface area contributed by atoms with Crippen molar-refractivity contribution in [2.45, 2.75) is 51.1 Å². The lowest BCUT2D eigenvalue weighted by molar-refractivity contribution is -0.139. The molecule has 2 rings (SSSR count). The number of hydrogen-bond donors (Lipinski definition) is 2. The van der Waals surface area contributed by atoms with Crippen molar-refractivity contribution in [3.63, 3.8) is 0 Å².